The highest BCUT2D eigenvalue weighted by molar-refractivity contribution is 8.00. The lowest BCUT2D eigenvalue weighted by Gasteiger charge is -2.21. The molecule has 0 saturated heterocycles. The van der Waals surface area contributed by atoms with Crippen molar-refractivity contribution in [2.24, 2.45) is 0 Å². The van der Waals surface area contributed by atoms with Gasteiger partial charge in [0.1, 0.15) is 5.75 Å². The number of nitrogen functional groups attached to an aromatic ring is 1. The molecule has 8 heteroatoms. The highest BCUT2D eigenvalue weighted by atomic mass is 32.2. The van der Waals surface area contributed by atoms with Gasteiger partial charge in [0.25, 0.3) is 0 Å². The van der Waals surface area contributed by atoms with E-state index >= 15 is 0 Å². The van der Waals surface area contributed by atoms with E-state index in [-0.39, 0.29) is 11.2 Å². The maximum Gasteiger partial charge on any atom is 0.240 e. The lowest BCUT2D eigenvalue weighted by atomic mass is 10.2. The van der Waals surface area contributed by atoms with Gasteiger partial charge >= 0.3 is 0 Å². The number of aromatic nitrogens is 3. The summed E-state index contributed by atoms with van der Waals surface area (Å²) in [6, 6.07) is 15.4. The molecule has 28 heavy (non-hydrogen) atoms. The van der Waals surface area contributed by atoms with E-state index in [4.69, 9.17) is 10.6 Å². The summed E-state index contributed by atoms with van der Waals surface area (Å²) < 4.78 is 6.60. The molecule has 2 aromatic carbocycles. The number of anilines is 1. The van der Waals surface area contributed by atoms with Gasteiger partial charge in [0.2, 0.25) is 11.1 Å². The van der Waals surface area contributed by atoms with E-state index in [0.717, 1.165) is 23.4 Å². The molecule has 2 N–H and O–H groups in total. The van der Waals surface area contributed by atoms with E-state index in [2.05, 4.69) is 16.3 Å². The molecule has 1 amide bonds. The molecular formula is C20H21N5O2S. The van der Waals surface area contributed by atoms with Crippen LogP contribution in [0.25, 0.3) is 11.4 Å². The topological polar surface area (TPSA) is 86.3 Å². The zero-order chi connectivity index (χ0) is 19.7. The molecule has 4 rings (SSSR count). The predicted molar refractivity (Wildman–Crippen MR) is 110 cm³/mol. The van der Waals surface area contributed by atoms with E-state index in [1.54, 1.807) is 7.11 Å². The minimum Gasteiger partial charge on any atom is -0.497 e. The summed E-state index contributed by atoms with van der Waals surface area (Å²) >= 11 is 1.31. The quantitative estimate of drug-likeness (QED) is 0.528. The molecule has 0 unspecified atom stereocenters. The Labute approximate surface area is 167 Å². The molecule has 0 fully saturated rings. The van der Waals surface area contributed by atoms with Crippen LogP contribution < -0.4 is 15.5 Å². The van der Waals surface area contributed by atoms with Crippen LogP contribution in [0.15, 0.2) is 53.7 Å². The fourth-order valence-corrected chi connectivity index (χ4v) is 4.12. The Morgan fingerprint density at radius 1 is 1.18 bits per heavy atom. The van der Waals surface area contributed by atoms with Crippen molar-refractivity contribution in [3.63, 3.8) is 0 Å². The molecule has 1 atom stereocenters. The van der Waals surface area contributed by atoms with E-state index in [0.29, 0.717) is 17.5 Å². The number of benzene rings is 2. The SMILES string of the molecule is COc1ccc(-c2nnc(S[C@@H](C)C(=O)N3CCc4ccccc43)n2N)cc1. The predicted octanol–water partition coefficient (Wildman–Crippen LogP) is 2.74. The average molecular weight is 395 g/mol. The summed E-state index contributed by atoms with van der Waals surface area (Å²) in [5.74, 6) is 7.54. The number of hydrogen-bond donors (Lipinski definition) is 1. The molecule has 0 bridgehead atoms. The lowest BCUT2D eigenvalue weighted by Crippen LogP contribution is -2.35. The van der Waals surface area contributed by atoms with Crippen LogP contribution in [0.3, 0.4) is 0 Å². The van der Waals surface area contributed by atoms with Gasteiger partial charge < -0.3 is 15.5 Å². The summed E-state index contributed by atoms with van der Waals surface area (Å²) in [4.78, 5) is 14.8. The van der Waals surface area contributed by atoms with E-state index in [1.807, 2.05) is 54.3 Å². The number of rotatable bonds is 5. The van der Waals surface area contributed by atoms with Crippen LogP contribution >= 0.6 is 11.8 Å². The van der Waals surface area contributed by atoms with Crippen molar-refractivity contribution in [2.45, 2.75) is 23.8 Å². The van der Waals surface area contributed by atoms with Gasteiger partial charge in [-0.15, -0.1) is 10.2 Å². The molecule has 0 radical (unpaired) electrons. The Kier molecular flexibility index (Phi) is 4.95. The van der Waals surface area contributed by atoms with Crippen LogP contribution in [0.1, 0.15) is 12.5 Å². The Balaban J connectivity index is 1.50. The van der Waals surface area contributed by atoms with Gasteiger partial charge in [0, 0.05) is 17.8 Å². The van der Waals surface area contributed by atoms with Crippen LogP contribution in [0.5, 0.6) is 5.75 Å². The third-order valence-electron chi connectivity index (χ3n) is 4.80. The summed E-state index contributed by atoms with van der Waals surface area (Å²) in [6.07, 6.45) is 0.883. The van der Waals surface area contributed by atoms with Gasteiger partial charge in [0.15, 0.2) is 5.82 Å². The molecule has 0 saturated carbocycles. The van der Waals surface area contributed by atoms with Crippen molar-refractivity contribution < 1.29 is 9.53 Å². The normalized spacial score (nSPS) is 14.0. The fourth-order valence-electron chi connectivity index (χ4n) is 3.29. The zero-order valence-corrected chi connectivity index (χ0v) is 16.5. The van der Waals surface area contributed by atoms with Crippen LogP contribution in [0.2, 0.25) is 0 Å². The molecule has 1 aromatic heterocycles. The number of para-hydroxylation sites is 1. The monoisotopic (exact) mass is 395 g/mol. The summed E-state index contributed by atoms with van der Waals surface area (Å²) in [5, 5.41) is 8.53. The number of ether oxygens (including phenoxy) is 1. The molecule has 1 aliphatic heterocycles. The van der Waals surface area contributed by atoms with Crippen molar-refractivity contribution in [1.82, 2.24) is 14.9 Å². The van der Waals surface area contributed by atoms with Crippen LogP contribution in [-0.4, -0.2) is 39.7 Å². The first-order valence-electron chi connectivity index (χ1n) is 8.99. The van der Waals surface area contributed by atoms with Gasteiger partial charge in [-0.1, -0.05) is 30.0 Å². The number of nitrogens with two attached hydrogens (primary N) is 1. The van der Waals surface area contributed by atoms with Gasteiger partial charge in [-0.3, -0.25) is 4.79 Å². The number of nitrogens with zero attached hydrogens (tertiary/aromatic N) is 4. The second-order valence-electron chi connectivity index (χ2n) is 6.53. The number of fused-ring (bicyclic) bond motifs is 1. The van der Waals surface area contributed by atoms with Crippen LogP contribution in [0.4, 0.5) is 5.69 Å². The molecule has 2 heterocycles. The van der Waals surface area contributed by atoms with Crippen molar-refractivity contribution in [2.75, 3.05) is 24.4 Å². The second-order valence-corrected chi connectivity index (χ2v) is 7.84. The number of methoxy groups -OCH3 is 1. The number of hydrogen-bond acceptors (Lipinski definition) is 6. The van der Waals surface area contributed by atoms with Gasteiger partial charge in [-0.05, 0) is 49.2 Å². The number of carbonyl (C=O) groups excluding carboxylic acids is 1. The molecular weight excluding hydrogens is 374 g/mol. The maximum absolute atomic E-state index is 13.0. The Hall–Kier alpha value is -3.00. The Morgan fingerprint density at radius 3 is 2.68 bits per heavy atom. The van der Waals surface area contributed by atoms with Gasteiger partial charge in [0.05, 0.1) is 12.4 Å². The average Bonchev–Trinajstić information content (AvgIpc) is 3.31. The highest BCUT2D eigenvalue weighted by Gasteiger charge is 2.29. The van der Waals surface area contributed by atoms with Crippen molar-refractivity contribution in [3.8, 4) is 17.1 Å². The first-order valence-corrected chi connectivity index (χ1v) is 9.87. The minimum absolute atomic E-state index is 0.0453. The standard InChI is InChI=1S/C20H21N5O2S/c1-13(19(26)24-12-11-14-5-3-4-6-17(14)24)28-20-23-22-18(25(20)21)15-7-9-16(27-2)10-8-15/h3-10,13H,11-12,21H2,1-2H3/t13-/m0/s1. The number of carbonyl (C=O) groups is 1. The number of amides is 1. The van der Waals surface area contributed by atoms with Crippen molar-refractivity contribution in [1.29, 1.82) is 0 Å². The Morgan fingerprint density at radius 2 is 1.93 bits per heavy atom. The largest absolute Gasteiger partial charge is 0.497 e. The lowest BCUT2D eigenvalue weighted by molar-refractivity contribution is -0.117. The fraction of sp³-hybridized carbons (Fsp3) is 0.250. The van der Waals surface area contributed by atoms with Crippen LogP contribution in [-0.2, 0) is 11.2 Å². The van der Waals surface area contributed by atoms with Gasteiger partial charge in [-0.25, -0.2) is 4.68 Å². The molecule has 144 valence electrons. The smallest absolute Gasteiger partial charge is 0.240 e. The zero-order valence-electron chi connectivity index (χ0n) is 15.7. The molecule has 0 aliphatic carbocycles. The van der Waals surface area contributed by atoms with Gasteiger partial charge in [-0.2, -0.15) is 0 Å². The molecule has 7 nitrogen and oxygen atoms in total. The van der Waals surface area contributed by atoms with Crippen molar-refractivity contribution in [3.05, 3.63) is 54.1 Å². The van der Waals surface area contributed by atoms with E-state index < -0.39 is 0 Å². The molecule has 1 aliphatic rings. The minimum atomic E-state index is -0.332. The first kappa shape index (κ1) is 18.4. The van der Waals surface area contributed by atoms with E-state index in [9.17, 15) is 4.79 Å². The third kappa shape index (κ3) is 3.31. The Bertz CT molecular complexity index is 1000. The molecule has 3 aromatic rings. The van der Waals surface area contributed by atoms with Crippen molar-refractivity contribution >= 4 is 23.4 Å². The summed E-state index contributed by atoms with van der Waals surface area (Å²) in [7, 11) is 1.62. The number of thioether (sulfide) groups is 1. The second kappa shape index (κ2) is 7.55. The van der Waals surface area contributed by atoms with Crippen LogP contribution in [0, 0.1) is 0 Å². The van der Waals surface area contributed by atoms with E-state index in [1.165, 1.54) is 22.0 Å². The maximum atomic E-state index is 13.0. The highest BCUT2D eigenvalue weighted by Crippen LogP contribution is 2.31. The molecule has 0 spiro atoms. The summed E-state index contributed by atoms with van der Waals surface area (Å²) in [5.41, 5.74) is 3.03. The summed E-state index contributed by atoms with van der Waals surface area (Å²) in [6.45, 7) is 2.57. The third-order valence-corrected chi connectivity index (χ3v) is 5.84. The first-order chi connectivity index (χ1) is 13.6.